The Morgan fingerprint density at radius 2 is 2.15 bits per heavy atom. The van der Waals surface area contributed by atoms with Crippen LogP contribution in [0.1, 0.15) is 16.0 Å². The third kappa shape index (κ3) is 3.26. The van der Waals surface area contributed by atoms with Crippen molar-refractivity contribution in [2.75, 3.05) is 7.05 Å². The van der Waals surface area contributed by atoms with Crippen LogP contribution in [0.5, 0.6) is 0 Å². The fourth-order valence-electron chi connectivity index (χ4n) is 1.94. The first-order chi connectivity index (χ1) is 9.44. The fraction of sp³-hybridized carbons (Fsp3) is 0.417. The van der Waals surface area contributed by atoms with E-state index in [-0.39, 0.29) is 6.54 Å². The lowest BCUT2D eigenvalue weighted by Crippen LogP contribution is -2.24. The third-order valence-electron chi connectivity index (χ3n) is 2.82. The highest BCUT2D eigenvalue weighted by Gasteiger charge is 2.22. The molecule has 0 aliphatic carbocycles. The highest BCUT2D eigenvalue weighted by molar-refractivity contribution is 7.89. The smallest absolute Gasteiger partial charge is 0.242 e. The molecule has 0 aliphatic rings. The number of aryl methyl sites for hydroxylation is 2. The van der Waals surface area contributed by atoms with Gasteiger partial charge in [0.05, 0.1) is 6.20 Å². The van der Waals surface area contributed by atoms with Gasteiger partial charge in [0.2, 0.25) is 10.0 Å². The van der Waals surface area contributed by atoms with Crippen LogP contribution >= 0.6 is 11.3 Å². The number of aromatic nitrogens is 2. The zero-order valence-electron chi connectivity index (χ0n) is 11.7. The third-order valence-corrected chi connectivity index (χ3v) is 5.68. The van der Waals surface area contributed by atoms with Crippen molar-refractivity contribution in [3.8, 4) is 0 Å². The standard InChI is InChI=1S/C12H18N4O2S2/c1-9-8-19-11(6-13-2)12(9)20(17,18)15-5-10-4-14-16(3)7-10/h4,7-8,13,15H,5-6H2,1-3H3. The second-order valence-corrected chi connectivity index (χ2v) is 7.22. The van der Waals surface area contributed by atoms with Gasteiger partial charge in [-0.15, -0.1) is 11.3 Å². The number of rotatable bonds is 6. The summed E-state index contributed by atoms with van der Waals surface area (Å²) >= 11 is 1.46. The van der Waals surface area contributed by atoms with Crippen molar-refractivity contribution in [3.05, 3.63) is 33.8 Å². The van der Waals surface area contributed by atoms with E-state index in [1.54, 1.807) is 31.2 Å². The highest BCUT2D eigenvalue weighted by atomic mass is 32.2. The van der Waals surface area contributed by atoms with E-state index >= 15 is 0 Å². The number of sulfonamides is 1. The molecule has 0 saturated carbocycles. The molecule has 0 fully saturated rings. The average Bonchev–Trinajstić information content (AvgIpc) is 2.95. The van der Waals surface area contributed by atoms with Gasteiger partial charge in [-0.25, -0.2) is 13.1 Å². The summed E-state index contributed by atoms with van der Waals surface area (Å²) in [5, 5.41) is 8.88. The molecule has 110 valence electrons. The monoisotopic (exact) mass is 314 g/mol. The number of thiophene rings is 1. The van der Waals surface area contributed by atoms with E-state index in [0.29, 0.717) is 11.4 Å². The lowest BCUT2D eigenvalue weighted by molar-refractivity contribution is 0.579. The summed E-state index contributed by atoms with van der Waals surface area (Å²) in [5.41, 5.74) is 1.61. The first-order valence-electron chi connectivity index (χ1n) is 6.13. The molecule has 0 atom stereocenters. The first-order valence-corrected chi connectivity index (χ1v) is 8.49. The van der Waals surface area contributed by atoms with Gasteiger partial charge in [0, 0.05) is 36.8 Å². The van der Waals surface area contributed by atoms with Gasteiger partial charge in [-0.3, -0.25) is 4.68 Å². The van der Waals surface area contributed by atoms with Gasteiger partial charge >= 0.3 is 0 Å². The molecule has 0 bridgehead atoms. The van der Waals surface area contributed by atoms with Crippen LogP contribution < -0.4 is 10.0 Å². The molecule has 0 unspecified atom stereocenters. The summed E-state index contributed by atoms with van der Waals surface area (Å²) in [4.78, 5) is 1.21. The van der Waals surface area contributed by atoms with Gasteiger partial charge in [-0.1, -0.05) is 0 Å². The first kappa shape index (κ1) is 15.2. The minimum absolute atomic E-state index is 0.241. The predicted molar refractivity (Wildman–Crippen MR) is 79.1 cm³/mol. The van der Waals surface area contributed by atoms with Gasteiger partial charge < -0.3 is 5.32 Å². The van der Waals surface area contributed by atoms with Crippen LogP contribution in [-0.2, 0) is 30.2 Å². The Balaban J connectivity index is 2.20. The zero-order valence-corrected chi connectivity index (χ0v) is 13.3. The minimum Gasteiger partial charge on any atom is -0.315 e. The second kappa shape index (κ2) is 6.04. The Morgan fingerprint density at radius 3 is 2.75 bits per heavy atom. The lowest BCUT2D eigenvalue weighted by atomic mass is 10.3. The Morgan fingerprint density at radius 1 is 1.40 bits per heavy atom. The van der Waals surface area contributed by atoms with E-state index in [4.69, 9.17) is 0 Å². The van der Waals surface area contributed by atoms with Crippen molar-refractivity contribution in [1.29, 1.82) is 0 Å². The van der Waals surface area contributed by atoms with Crippen molar-refractivity contribution >= 4 is 21.4 Å². The summed E-state index contributed by atoms with van der Waals surface area (Å²) in [6.45, 7) is 2.60. The minimum atomic E-state index is -3.51. The molecule has 0 radical (unpaired) electrons. The Labute approximate surface area is 122 Å². The Hall–Kier alpha value is -1.22. The summed E-state index contributed by atoms with van der Waals surface area (Å²) in [6.07, 6.45) is 3.44. The highest BCUT2D eigenvalue weighted by Crippen LogP contribution is 2.26. The summed E-state index contributed by atoms with van der Waals surface area (Å²) < 4.78 is 29.1. The molecule has 0 amide bonds. The Bertz CT molecular complexity index is 688. The van der Waals surface area contributed by atoms with Crippen LogP contribution in [0.3, 0.4) is 0 Å². The van der Waals surface area contributed by atoms with E-state index < -0.39 is 10.0 Å². The van der Waals surface area contributed by atoms with Gasteiger partial charge in [-0.05, 0) is 24.9 Å². The maximum absolute atomic E-state index is 12.4. The molecule has 6 nitrogen and oxygen atoms in total. The SMILES string of the molecule is CNCc1scc(C)c1S(=O)(=O)NCc1cnn(C)c1. The average molecular weight is 314 g/mol. The van der Waals surface area contributed by atoms with Crippen LogP contribution in [0.25, 0.3) is 0 Å². The van der Waals surface area contributed by atoms with E-state index in [1.807, 2.05) is 12.3 Å². The summed E-state index contributed by atoms with van der Waals surface area (Å²) in [7, 11) is 0.0918. The molecular weight excluding hydrogens is 296 g/mol. The van der Waals surface area contributed by atoms with E-state index in [1.165, 1.54) is 11.3 Å². The molecule has 2 rings (SSSR count). The van der Waals surface area contributed by atoms with Crippen LogP contribution in [0.2, 0.25) is 0 Å². The number of hydrogen-bond acceptors (Lipinski definition) is 5. The predicted octanol–water partition coefficient (Wildman–Crippen LogP) is 0.988. The van der Waals surface area contributed by atoms with Gasteiger partial charge in [0.1, 0.15) is 4.90 Å². The van der Waals surface area contributed by atoms with Crippen molar-refractivity contribution in [3.63, 3.8) is 0 Å². The number of nitrogens with zero attached hydrogens (tertiary/aromatic N) is 2. The molecule has 2 heterocycles. The van der Waals surface area contributed by atoms with E-state index in [0.717, 1.165) is 16.0 Å². The second-order valence-electron chi connectivity index (χ2n) is 4.55. The molecule has 0 aromatic carbocycles. The zero-order chi connectivity index (χ0) is 14.8. The maximum atomic E-state index is 12.4. The molecule has 8 heteroatoms. The van der Waals surface area contributed by atoms with Crippen molar-refractivity contribution in [2.45, 2.75) is 24.9 Å². The van der Waals surface area contributed by atoms with Gasteiger partial charge in [0.25, 0.3) is 0 Å². The largest absolute Gasteiger partial charge is 0.315 e. The Kier molecular flexibility index (Phi) is 4.59. The molecular formula is C12H18N4O2S2. The van der Waals surface area contributed by atoms with Crippen molar-refractivity contribution in [1.82, 2.24) is 19.8 Å². The number of nitrogens with one attached hydrogen (secondary N) is 2. The molecule has 20 heavy (non-hydrogen) atoms. The molecule has 2 aromatic heterocycles. The molecule has 0 aliphatic heterocycles. The normalized spacial score (nSPS) is 11.9. The van der Waals surface area contributed by atoms with Crippen molar-refractivity contribution in [2.24, 2.45) is 7.05 Å². The van der Waals surface area contributed by atoms with Crippen molar-refractivity contribution < 1.29 is 8.42 Å². The fourth-order valence-corrected chi connectivity index (χ4v) is 4.78. The lowest BCUT2D eigenvalue weighted by Gasteiger charge is -2.08. The summed E-state index contributed by atoms with van der Waals surface area (Å²) in [5.74, 6) is 0. The van der Waals surface area contributed by atoms with E-state index in [9.17, 15) is 8.42 Å². The number of hydrogen-bond donors (Lipinski definition) is 2. The van der Waals surface area contributed by atoms with Crippen LogP contribution in [-0.4, -0.2) is 25.2 Å². The quantitative estimate of drug-likeness (QED) is 0.833. The van der Waals surface area contributed by atoms with Crippen LogP contribution in [0.4, 0.5) is 0 Å². The van der Waals surface area contributed by atoms with Crippen LogP contribution in [0.15, 0.2) is 22.7 Å². The topological polar surface area (TPSA) is 76.0 Å². The maximum Gasteiger partial charge on any atom is 0.242 e. The van der Waals surface area contributed by atoms with Gasteiger partial charge in [0.15, 0.2) is 0 Å². The van der Waals surface area contributed by atoms with Crippen LogP contribution in [0, 0.1) is 6.92 Å². The molecule has 2 aromatic rings. The van der Waals surface area contributed by atoms with E-state index in [2.05, 4.69) is 15.1 Å². The molecule has 2 N–H and O–H groups in total. The molecule has 0 saturated heterocycles. The molecule has 0 spiro atoms. The van der Waals surface area contributed by atoms with Gasteiger partial charge in [-0.2, -0.15) is 5.10 Å². The summed E-state index contributed by atoms with van der Waals surface area (Å²) in [6, 6.07) is 0.